The van der Waals surface area contributed by atoms with Gasteiger partial charge < -0.3 is 20.1 Å². The maximum absolute atomic E-state index is 13.3. The van der Waals surface area contributed by atoms with Crippen LogP contribution in [0.5, 0.6) is 0 Å². The monoisotopic (exact) mass is 392 g/mol. The first-order valence-electron chi connectivity index (χ1n) is 9.31. The number of benzene rings is 2. The van der Waals surface area contributed by atoms with Crippen LogP contribution in [-0.2, 0) is 26.7 Å². The van der Waals surface area contributed by atoms with Crippen LogP contribution >= 0.6 is 0 Å². The van der Waals surface area contributed by atoms with Gasteiger partial charge in [-0.25, -0.2) is 9.18 Å². The molecule has 1 aromatic heterocycles. The highest BCUT2D eigenvalue weighted by molar-refractivity contribution is 5.95. The number of amides is 3. The van der Waals surface area contributed by atoms with Gasteiger partial charge in [0.1, 0.15) is 5.82 Å². The predicted molar refractivity (Wildman–Crippen MR) is 108 cm³/mol. The molecule has 2 heterocycles. The molecule has 3 amide bonds. The van der Waals surface area contributed by atoms with Crippen LogP contribution in [0.25, 0.3) is 0 Å². The predicted octanol–water partition coefficient (Wildman–Crippen LogP) is 3.64. The first kappa shape index (κ1) is 18.7. The van der Waals surface area contributed by atoms with E-state index in [0.29, 0.717) is 30.9 Å². The summed E-state index contributed by atoms with van der Waals surface area (Å²) in [5.41, 5.74) is 3.89. The quantitative estimate of drug-likeness (QED) is 0.712. The molecule has 0 aliphatic carbocycles. The fraction of sp³-hybridized carbons (Fsp3) is 0.182. The van der Waals surface area contributed by atoms with Crippen LogP contribution in [-0.4, -0.2) is 21.4 Å². The molecule has 1 aliphatic rings. The average Bonchev–Trinajstić information content (AvgIpc) is 3.32. The van der Waals surface area contributed by atoms with Gasteiger partial charge in [-0.05, 0) is 59.7 Å². The number of rotatable bonds is 4. The molecule has 0 fully saturated rings. The van der Waals surface area contributed by atoms with Gasteiger partial charge in [-0.2, -0.15) is 0 Å². The van der Waals surface area contributed by atoms with Crippen LogP contribution in [0.1, 0.15) is 27.2 Å². The number of urea groups is 1. The summed E-state index contributed by atoms with van der Waals surface area (Å²) in [6.07, 6.45) is 1.92. The molecule has 148 valence electrons. The van der Waals surface area contributed by atoms with Gasteiger partial charge in [0.2, 0.25) is 0 Å². The Morgan fingerprint density at radius 2 is 1.79 bits per heavy atom. The fourth-order valence-electron chi connectivity index (χ4n) is 3.37. The Morgan fingerprint density at radius 3 is 2.52 bits per heavy atom. The number of aryl methyl sites for hydroxylation is 1. The van der Waals surface area contributed by atoms with Gasteiger partial charge in [0.15, 0.2) is 0 Å². The number of anilines is 1. The zero-order valence-corrected chi connectivity index (χ0v) is 16.0. The van der Waals surface area contributed by atoms with E-state index in [0.717, 1.165) is 16.8 Å². The topological polar surface area (TPSA) is 66.4 Å². The summed E-state index contributed by atoms with van der Waals surface area (Å²) in [4.78, 5) is 26.4. The molecule has 3 aromatic rings. The van der Waals surface area contributed by atoms with E-state index in [2.05, 4.69) is 10.6 Å². The van der Waals surface area contributed by atoms with Crippen LogP contribution in [0.3, 0.4) is 0 Å². The minimum absolute atomic E-state index is 0.180. The standard InChI is InChI=1S/C22H21FN4O2/c1-26-10-2-3-20(26)12-24-21(28)15-5-8-19(9-6-15)25-22(29)27-13-16-4-7-18(23)11-17(16)14-27/h2-11H,12-14H2,1H3,(H,24,28)(H,25,29). The van der Waals surface area contributed by atoms with E-state index in [1.165, 1.54) is 12.1 Å². The van der Waals surface area contributed by atoms with E-state index in [9.17, 15) is 14.0 Å². The molecule has 29 heavy (non-hydrogen) atoms. The molecule has 0 saturated heterocycles. The first-order valence-corrected chi connectivity index (χ1v) is 9.31. The van der Waals surface area contributed by atoms with Gasteiger partial charge in [-0.1, -0.05) is 6.07 Å². The smallest absolute Gasteiger partial charge is 0.322 e. The summed E-state index contributed by atoms with van der Waals surface area (Å²) in [6, 6.07) is 14.9. The lowest BCUT2D eigenvalue weighted by atomic mass is 10.1. The second-order valence-corrected chi connectivity index (χ2v) is 7.07. The number of carbonyl (C=O) groups excluding carboxylic acids is 2. The number of nitrogens with zero attached hydrogens (tertiary/aromatic N) is 2. The molecule has 2 N–H and O–H groups in total. The van der Waals surface area contributed by atoms with E-state index >= 15 is 0 Å². The van der Waals surface area contributed by atoms with E-state index in [4.69, 9.17) is 0 Å². The minimum Gasteiger partial charge on any atom is -0.353 e. The Balaban J connectivity index is 1.33. The average molecular weight is 392 g/mol. The van der Waals surface area contributed by atoms with Crippen LogP contribution in [0, 0.1) is 5.82 Å². The Hall–Kier alpha value is -3.61. The van der Waals surface area contributed by atoms with Crippen molar-refractivity contribution in [3.8, 4) is 0 Å². The number of hydrogen-bond acceptors (Lipinski definition) is 2. The van der Waals surface area contributed by atoms with E-state index < -0.39 is 0 Å². The van der Waals surface area contributed by atoms with Crippen molar-refractivity contribution in [2.45, 2.75) is 19.6 Å². The van der Waals surface area contributed by atoms with Crippen molar-refractivity contribution in [1.82, 2.24) is 14.8 Å². The number of hydrogen-bond donors (Lipinski definition) is 2. The number of halogens is 1. The van der Waals surface area contributed by atoms with Crippen molar-refractivity contribution >= 4 is 17.6 Å². The molecule has 6 nitrogen and oxygen atoms in total. The first-order chi connectivity index (χ1) is 14.0. The number of fused-ring (bicyclic) bond motifs is 1. The molecular weight excluding hydrogens is 371 g/mol. The van der Waals surface area contributed by atoms with Gasteiger partial charge in [0, 0.05) is 43.3 Å². The molecule has 0 saturated carbocycles. The second-order valence-electron chi connectivity index (χ2n) is 7.07. The zero-order valence-electron chi connectivity index (χ0n) is 16.0. The maximum atomic E-state index is 13.3. The lowest BCUT2D eigenvalue weighted by molar-refractivity contribution is 0.0950. The summed E-state index contributed by atoms with van der Waals surface area (Å²) in [7, 11) is 1.92. The molecule has 4 rings (SSSR count). The SMILES string of the molecule is Cn1cccc1CNC(=O)c1ccc(NC(=O)N2Cc3ccc(F)cc3C2)cc1. The normalized spacial score (nSPS) is 12.6. The molecule has 0 spiro atoms. The molecule has 1 aliphatic heterocycles. The summed E-state index contributed by atoms with van der Waals surface area (Å²) in [5.74, 6) is -0.479. The van der Waals surface area contributed by atoms with Crippen LogP contribution in [0.15, 0.2) is 60.8 Å². The van der Waals surface area contributed by atoms with Crippen molar-refractivity contribution in [2.24, 2.45) is 7.05 Å². The third-order valence-electron chi connectivity index (χ3n) is 5.06. The highest BCUT2D eigenvalue weighted by Gasteiger charge is 2.23. The second kappa shape index (κ2) is 7.79. The molecule has 2 aromatic carbocycles. The van der Waals surface area contributed by atoms with E-state index in [1.54, 1.807) is 35.2 Å². The van der Waals surface area contributed by atoms with Crippen LogP contribution in [0.2, 0.25) is 0 Å². The molecule has 0 unspecified atom stereocenters. The van der Waals surface area contributed by atoms with Gasteiger partial charge >= 0.3 is 6.03 Å². The molecule has 0 bridgehead atoms. The van der Waals surface area contributed by atoms with Crippen LogP contribution < -0.4 is 10.6 Å². The molecular formula is C22H21FN4O2. The Morgan fingerprint density at radius 1 is 1.03 bits per heavy atom. The summed E-state index contributed by atoms with van der Waals surface area (Å²) in [6.45, 7) is 1.26. The number of carbonyl (C=O) groups is 2. The third-order valence-corrected chi connectivity index (χ3v) is 5.06. The summed E-state index contributed by atoms with van der Waals surface area (Å²) < 4.78 is 15.3. The maximum Gasteiger partial charge on any atom is 0.322 e. The fourth-order valence-corrected chi connectivity index (χ4v) is 3.37. The molecule has 0 radical (unpaired) electrons. The Kier molecular flexibility index (Phi) is 5.03. The molecule has 7 heteroatoms. The van der Waals surface area contributed by atoms with Crippen molar-refractivity contribution in [1.29, 1.82) is 0 Å². The number of nitrogens with one attached hydrogen (secondary N) is 2. The summed E-state index contributed by atoms with van der Waals surface area (Å²) >= 11 is 0. The molecule has 0 atom stereocenters. The van der Waals surface area contributed by atoms with Gasteiger partial charge in [-0.15, -0.1) is 0 Å². The van der Waals surface area contributed by atoms with Crippen molar-refractivity contribution in [3.05, 3.63) is 89.0 Å². The van der Waals surface area contributed by atoms with Gasteiger partial charge in [0.25, 0.3) is 5.91 Å². The highest BCUT2D eigenvalue weighted by Crippen LogP contribution is 2.24. The van der Waals surface area contributed by atoms with Gasteiger partial charge in [0.05, 0.1) is 6.54 Å². The van der Waals surface area contributed by atoms with Crippen LogP contribution in [0.4, 0.5) is 14.9 Å². The van der Waals surface area contributed by atoms with Crippen molar-refractivity contribution in [2.75, 3.05) is 5.32 Å². The lowest BCUT2D eigenvalue weighted by Crippen LogP contribution is -2.30. The number of aromatic nitrogens is 1. The lowest BCUT2D eigenvalue weighted by Gasteiger charge is -2.16. The minimum atomic E-state index is -0.299. The summed E-state index contributed by atoms with van der Waals surface area (Å²) in [5, 5.41) is 5.70. The largest absolute Gasteiger partial charge is 0.353 e. The zero-order chi connectivity index (χ0) is 20.4. The van der Waals surface area contributed by atoms with Crippen molar-refractivity contribution < 1.29 is 14.0 Å². The van der Waals surface area contributed by atoms with Gasteiger partial charge in [-0.3, -0.25) is 4.79 Å². The van der Waals surface area contributed by atoms with Crippen molar-refractivity contribution in [3.63, 3.8) is 0 Å². The van der Waals surface area contributed by atoms with E-state index in [1.807, 2.05) is 29.9 Å². The third kappa shape index (κ3) is 4.13. The van der Waals surface area contributed by atoms with E-state index in [-0.39, 0.29) is 17.8 Å². The highest BCUT2D eigenvalue weighted by atomic mass is 19.1. The Bertz CT molecular complexity index is 1060. The Labute approximate surface area is 167 Å².